The Labute approximate surface area is 117 Å². The number of nitrogens with one attached hydrogen (secondary N) is 1. The minimum absolute atomic E-state index is 0.0976. The first-order chi connectivity index (χ1) is 9.88. The number of anilines is 1. The smallest absolute Gasteiger partial charge is 0.204 e. The second-order valence-electron chi connectivity index (χ2n) is 4.64. The molecule has 0 unspecified atom stereocenters. The van der Waals surface area contributed by atoms with E-state index >= 15 is 0 Å². The van der Waals surface area contributed by atoms with Gasteiger partial charge >= 0.3 is 0 Å². The number of benzene rings is 2. The summed E-state index contributed by atoms with van der Waals surface area (Å²) < 4.78 is 2.01. The molecule has 0 aliphatic carbocycles. The molecular formula is C16H17N3O. The van der Waals surface area contributed by atoms with Crippen LogP contribution < -0.4 is 5.32 Å². The van der Waals surface area contributed by atoms with Crippen molar-refractivity contribution in [2.45, 2.75) is 13.1 Å². The molecule has 1 heterocycles. The van der Waals surface area contributed by atoms with E-state index in [2.05, 4.69) is 22.4 Å². The van der Waals surface area contributed by atoms with Gasteiger partial charge in [-0.3, -0.25) is 0 Å². The van der Waals surface area contributed by atoms with E-state index in [1.54, 1.807) is 0 Å². The van der Waals surface area contributed by atoms with Crippen molar-refractivity contribution in [3.8, 4) is 0 Å². The highest BCUT2D eigenvalue weighted by Crippen LogP contribution is 2.19. The van der Waals surface area contributed by atoms with E-state index in [4.69, 9.17) is 0 Å². The Morgan fingerprint density at radius 3 is 2.55 bits per heavy atom. The topological polar surface area (TPSA) is 50.1 Å². The number of hydrogen-bond acceptors (Lipinski definition) is 3. The largest absolute Gasteiger partial charge is 0.395 e. The molecule has 20 heavy (non-hydrogen) atoms. The van der Waals surface area contributed by atoms with Gasteiger partial charge in [0.25, 0.3) is 0 Å². The van der Waals surface area contributed by atoms with Crippen molar-refractivity contribution < 1.29 is 5.11 Å². The molecule has 3 aromatic rings. The Bertz CT molecular complexity index is 691. The minimum atomic E-state index is 0.0976. The first-order valence-corrected chi connectivity index (χ1v) is 6.72. The molecule has 4 nitrogen and oxygen atoms in total. The highest BCUT2D eigenvalue weighted by atomic mass is 16.3. The van der Waals surface area contributed by atoms with Gasteiger partial charge in [-0.1, -0.05) is 42.5 Å². The molecule has 0 radical (unpaired) electrons. The fourth-order valence-corrected chi connectivity index (χ4v) is 2.31. The third kappa shape index (κ3) is 2.51. The summed E-state index contributed by atoms with van der Waals surface area (Å²) in [6.45, 7) is 1.35. The first kappa shape index (κ1) is 12.7. The van der Waals surface area contributed by atoms with Crippen molar-refractivity contribution in [2.75, 3.05) is 11.9 Å². The maximum atomic E-state index is 9.23. The summed E-state index contributed by atoms with van der Waals surface area (Å²) in [6, 6.07) is 18.2. The van der Waals surface area contributed by atoms with E-state index in [0.717, 1.165) is 23.5 Å². The molecular weight excluding hydrogens is 250 g/mol. The number of rotatable bonds is 5. The van der Waals surface area contributed by atoms with Crippen molar-refractivity contribution in [3.63, 3.8) is 0 Å². The lowest BCUT2D eigenvalue weighted by Crippen LogP contribution is -2.09. The quantitative estimate of drug-likeness (QED) is 0.747. The number of imidazole rings is 1. The number of aliphatic hydroxyl groups excluding tert-OH is 1. The highest BCUT2D eigenvalue weighted by Gasteiger charge is 2.09. The van der Waals surface area contributed by atoms with Crippen LogP contribution in [0.4, 0.5) is 5.95 Å². The van der Waals surface area contributed by atoms with Gasteiger partial charge in [0.2, 0.25) is 5.95 Å². The van der Waals surface area contributed by atoms with E-state index in [9.17, 15) is 5.11 Å². The maximum absolute atomic E-state index is 9.23. The fraction of sp³-hybridized carbons (Fsp3) is 0.188. The Morgan fingerprint density at radius 2 is 1.75 bits per heavy atom. The van der Waals surface area contributed by atoms with Crippen molar-refractivity contribution in [1.82, 2.24) is 9.55 Å². The third-order valence-corrected chi connectivity index (χ3v) is 3.27. The molecule has 3 rings (SSSR count). The monoisotopic (exact) mass is 267 g/mol. The van der Waals surface area contributed by atoms with E-state index in [0.29, 0.717) is 6.54 Å². The number of aliphatic hydroxyl groups is 1. The van der Waals surface area contributed by atoms with Crippen molar-refractivity contribution in [1.29, 1.82) is 0 Å². The molecule has 0 amide bonds. The average Bonchev–Trinajstić information content (AvgIpc) is 2.85. The second-order valence-corrected chi connectivity index (χ2v) is 4.64. The summed E-state index contributed by atoms with van der Waals surface area (Å²) >= 11 is 0. The Hall–Kier alpha value is -2.33. The Morgan fingerprint density at radius 1 is 1.00 bits per heavy atom. The molecule has 102 valence electrons. The number of nitrogens with zero attached hydrogens (tertiary/aromatic N) is 2. The van der Waals surface area contributed by atoms with Crippen LogP contribution in [0.1, 0.15) is 5.56 Å². The predicted molar refractivity (Wildman–Crippen MR) is 80.6 cm³/mol. The van der Waals surface area contributed by atoms with Gasteiger partial charge in [-0.2, -0.15) is 0 Å². The zero-order valence-corrected chi connectivity index (χ0v) is 11.2. The Kier molecular flexibility index (Phi) is 3.65. The number of hydrogen-bond donors (Lipinski definition) is 2. The molecule has 0 saturated carbocycles. The molecule has 1 aromatic heterocycles. The SMILES string of the molecule is OCCn1c(NCc2ccccc2)nc2ccccc21. The van der Waals surface area contributed by atoms with Crippen LogP contribution in [0.15, 0.2) is 54.6 Å². The predicted octanol–water partition coefficient (Wildman–Crippen LogP) is 2.64. The molecule has 2 aromatic carbocycles. The van der Waals surface area contributed by atoms with E-state index < -0.39 is 0 Å². The minimum Gasteiger partial charge on any atom is -0.395 e. The van der Waals surface area contributed by atoms with Crippen molar-refractivity contribution >= 4 is 17.0 Å². The summed E-state index contributed by atoms with van der Waals surface area (Å²) in [5.74, 6) is 0.795. The lowest BCUT2D eigenvalue weighted by Gasteiger charge is -2.09. The summed E-state index contributed by atoms with van der Waals surface area (Å²) in [4.78, 5) is 4.59. The molecule has 0 spiro atoms. The van der Waals surface area contributed by atoms with Crippen LogP contribution in [0.3, 0.4) is 0 Å². The van der Waals surface area contributed by atoms with Crippen LogP contribution in [-0.2, 0) is 13.1 Å². The van der Waals surface area contributed by atoms with Crippen LogP contribution in [0.5, 0.6) is 0 Å². The summed E-state index contributed by atoms with van der Waals surface area (Å²) in [5.41, 5.74) is 3.18. The van der Waals surface area contributed by atoms with Gasteiger partial charge in [0.05, 0.1) is 17.6 Å². The van der Waals surface area contributed by atoms with E-state index in [-0.39, 0.29) is 6.61 Å². The average molecular weight is 267 g/mol. The number of para-hydroxylation sites is 2. The number of aromatic nitrogens is 2. The summed E-state index contributed by atoms with van der Waals surface area (Å²) in [7, 11) is 0. The zero-order valence-electron chi connectivity index (χ0n) is 11.2. The van der Waals surface area contributed by atoms with Gasteiger partial charge in [0, 0.05) is 13.1 Å². The van der Waals surface area contributed by atoms with E-state index in [1.807, 2.05) is 47.0 Å². The standard InChI is InChI=1S/C16H17N3O/c20-11-10-19-15-9-5-4-8-14(15)18-16(19)17-12-13-6-2-1-3-7-13/h1-9,20H,10-12H2,(H,17,18). The van der Waals surface area contributed by atoms with Gasteiger partial charge in [-0.15, -0.1) is 0 Å². The normalized spacial score (nSPS) is 10.8. The Balaban J connectivity index is 1.88. The first-order valence-electron chi connectivity index (χ1n) is 6.72. The van der Waals surface area contributed by atoms with Crippen LogP contribution in [0, 0.1) is 0 Å². The fourth-order valence-electron chi connectivity index (χ4n) is 2.31. The molecule has 0 bridgehead atoms. The van der Waals surface area contributed by atoms with Gasteiger partial charge in [0.1, 0.15) is 0 Å². The van der Waals surface area contributed by atoms with Crippen LogP contribution in [-0.4, -0.2) is 21.3 Å². The molecule has 0 atom stereocenters. The maximum Gasteiger partial charge on any atom is 0.204 e. The van der Waals surface area contributed by atoms with E-state index in [1.165, 1.54) is 5.56 Å². The zero-order chi connectivity index (χ0) is 13.8. The van der Waals surface area contributed by atoms with Gasteiger partial charge in [-0.25, -0.2) is 4.98 Å². The highest BCUT2D eigenvalue weighted by molar-refractivity contribution is 5.78. The lowest BCUT2D eigenvalue weighted by molar-refractivity contribution is 0.278. The van der Waals surface area contributed by atoms with Crippen LogP contribution in [0.2, 0.25) is 0 Å². The van der Waals surface area contributed by atoms with Gasteiger partial charge in [0.15, 0.2) is 0 Å². The van der Waals surface area contributed by atoms with Gasteiger partial charge in [-0.05, 0) is 17.7 Å². The molecule has 0 aliphatic heterocycles. The van der Waals surface area contributed by atoms with Gasteiger partial charge < -0.3 is 15.0 Å². The van der Waals surface area contributed by atoms with Crippen LogP contribution >= 0.6 is 0 Å². The van der Waals surface area contributed by atoms with Crippen molar-refractivity contribution in [2.24, 2.45) is 0 Å². The lowest BCUT2D eigenvalue weighted by atomic mass is 10.2. The molecule has 0 fully saturated rings. The molecule has 0 saturated heterocycles. The number of fused-ring (bicyclic) bond motifs is 1. The third-order valence-electron chi connectivity index (χ3n) is 3.27. The summed E-state index contributed by atoms with van der Waals surface area (Å²) in [6.07, 6.45) is 0. The van der Waals surface area contributed by atoms with Crippen LogP contribution in [0.25, 0.3) is 11.0 Å². The van der Waals surface area contributed by atoms with Crippen molar-refractivity contribution in [3.05, 3.63) is 60.2 Å². The molecule has 4 heteroatoms. The second kappa shape index (κ2) is 5.75. The summed E-state index contributed by atoms with van der Waals surface area (Å²) in [5, 5.41) is 12.6. The molecule has 0 aliphatic rings. The molecule has 2 N–H and O–H groups in total.